The van der Waals surface area contributed by atoms with E-state index in [1.54, 1.807) is 12.2 Å². The van der Waals surface area contributed by atoms with Crippen molar-refractivity contribution < 1.29 is 8.98 Å². The largest absolute Gasteiger partial charge is 0.456 e. The van der Waals surface area contributed by atoms with Crippen LogP contribution in [0.2, 0.25) is 0 Å². The Hall–Kier alpha value is -8.86. The summed E-state index contributed by atoms with van der Waals surface area (Å²) >= 11 is 0. The Kier molecular flexibility index (Phi) is 21.5. The maximum atomic E-state index is 15.1. The fraction of sp³-hybridized carbons (Fsp3) is 0.105. The highest BCUT2D eigenvalue weighted by molar-refractivity contribution is 7.85. The first kappa shape index (κ1) is 60.8. The van der Waals surface area contributed by atoms with Gasteiger partial charge in [0.05, 0.1) is 11.0 Å². The quantitative estimate of drug-likeness (QED) is 0.0695. The van der Waals surface area contributed by atoms with E-state index < -0.39 is 7.14 Å². The van der Waals surface area contributed by atoms with E-state index in [-0.39, 0.29) is 13.5 Å². The third kappa shape index (κ3) is 13.3. The predicted octanol–water partition coefficient (Wildman–Crippen LogP) is 20.9. The summed E-state index contributed by atoms with van der Waals surface area (Å²) in [5, 5.41) is 8.41. The average molecular weight is 1110 g/mol. The van der Waals surface area contributed by atoms with E-state index in [0.717, 1.165) is 84.3 Å². The number of aryl methyl sites for hydroxylation is 1. The number of nitrogens with zero attached hydrogens (tertiary/aromatic N) is 2. The highest BCUT2D eigenvalue weighted by atomic mass is 32.1. The van der Waals surface area contributed by atoms with Crippen LogP contribution in [0.25, 0.3) is 88.7 Å². The van der Waals surface area contributed by atoms with Crippen molar-refractivity contribution in [1.82, 2.24) is 9.13 Å². The summed E-state index contributed by atoms with van der Waals surface area (Å²) in [5.41, 5.74) is 14.3. The molecule has 0 radical (unpaired) electrons. The molecule has 4 nitrogen and oxygen atoms in total. The van der Waals surface area contributed by atoms with Crippen LogP contribution in [0.5, 0.6) is 0 Å². The van der Waals surface area contributed by atoms with Crippen LogP contribution in [0, 0.1) is 0 Å². The lowest BCUT2D eigenvalue weighted by atomic mass is 9.98. The van der Waals surface area contributed by atoms with Gasteiger partial charge < -0.3 is 18.1 Å². The van der Waals surface area contributed by atoms with Gasteiger partial charge in [-0.05, 0) is 123 Å². The second-order valence-corrected chi connectivity index (χ2v) is 22.1. The highest BCUT2D eigenvalue weighted by Gasteiger charge is 2.30. The number of benzene rings is 9. The number of hydrogen-bond acceptors (Lipinski definition) is 2. The molecule has 82 heavy (non-hydrogen) atoms. The SMILES string of the molecule is C/C=C\C.C=C/C=C(\C)CC(=C)C=C.C=Cc1cn(CC)c2ccccc12.CC.O=P(c1ccccc1)(c1ccccc1)c1cccc(-c2cccc(-c3ccc4oc5ccc(-n6c7ccccc7c7ccccc76)cc5c4c3)c2)c1.S. The topological polar surface area (TPSA) is 40.1 Å². The van der Waals surface area contributed by atoms with Gasteiger partial charge in [-0.3, -0.25) is 0 Å². The second kappa shape index (κ2) is 29.0. The van der Waals surface area contributed by atoms with E-state index in [9.17, 15) is 0 Å². The Balaban J connectivity index is 0.000000265. The second-order valence-electron chi connectivity index (χ2n) is 19.3. The smallest absolute Gasteiger partial charge is 0.171 e. The molecule has 0 spiro atoms. The van der Waals surface area contributed by atoms with Crippen LogP contribution in [0.1, 0.15) is 53.5 Å². The highest BCUT2D eigenvalue weighted by Crippen LogP contribution is 2.43. The molecule has 0 saturated carbocycles. The summed E-state index contributed by atoms with van der Waals surface area (Å²) in [6, 6.07) is 75.1. The number of furan rings is 1. The van der Waals surface area contributed by atoms with Gasteiger partial charge >= 0.3 is 0 Å². The molecule has 0 amide bonds. The molecule has 0 aliphatic heterocycles. The van der Waals surface area contributed by atoms with E-state index in [1.165, 1.54) is 43.8 Å². The van der Waals surface area contributed by atoms with Crippen molar-refractivity contribution in [2.45, 2.75) is 54.5 Å². The summed E-state index contributed by atoms with van der Waals surface area (Å²) in [5.74, 6) is 0. The first-order chi connectivity index (χ1) is 39.6. The van der Waals surface area contributed by atoms with Crippen LogP contribution in [-0.2, 0) is 11.1 Å². The van der Waals surface area contributed by atoms with Crippen molar-refractivity contribution in [2.75, 3.05) is 0 Å². The molecule has 0 fully saturated rings. The molecule has 0 bridgehead atoms. The van der Waals surface area contributed by atoms with Gasteiger partial charge in [-0.1, -0.05) is 245 Å². The zero-order valence-electron chi connectivity index (χ0n) is 48.2. The molecule has 12 rings (SSSR count). The van der Waals surface area contributed by atoms with Gasteiger partial charge in [-0.2, -0.15) is 13.5 Å². The molecular weight excluding hydrogens is 1040 g/mol. The van der Waals surface area contributed by atoms with Gasteiger partial charge in [0.15, 0.2) is 7.14 Å². The summed E-state index contributed by atoms with van der Waals surface area (Å²) in [7, 11) is -3.10. The van der Waals surface area contributed by atoms with Gasteiger partial charge in [0, 0.05) is 66.8 Å². The van der Waals surface area contributed by atoms with E-state index >= 15 is 4.57 Å². The summed E-state index contributed by atoms with van der Waals surface area (Å²) in [4.78, 5) is 0. The van der Waals surface area contributed by atoms with Crippen molar-refractivity contribution in [3.63, 3.8) is 0 Å². The first-order valence-corrected chi connectivity index (χ1v) is 29.6. The Morgan fingerprint density at radius 2 is 1.00 bits per heavy atom. The van der Waals surface area contributed by atoms with Gasteiger partial charge in [0.2, 0.25) is 0 Å². The van der Waals surface area contributed by atoms with E-state index in [1.807, 2.05) is 125 Å². The molecule has 412 valence electrons. The van der Waals surface area contributed by atoms with Crippen LogP contribution in [0.4, 0.5) is 0 Å². The van der Waals surface area contributed by atoms with Crippen molar-refractivity contribution in [3.8, 4) is 27.9 Å². The maximum Gasteiger partial charge on any atom is 0.171 e. The fourth-order valence-electron chi connectivity index (χ4n) is 10.2. The molecule has 0 unspecified atom stereocenters. The van der Waals surface area contributed by atoms with Crippen LogP contribution >= 0.6 is 20.6 Å². The predicted molar refractivity (Wildman–Crippen MR) is 366 cm³/mol. The molecule has 0 atom stereocenters. The van der Waals surface area contributed by atoms with Crippen LogP contribution in [0.15, 0.2) is 297 Å². The molecule has 0 aliphatic carbocycles. The van der Waals surface area contributed by atoms with E-state index in [0.29, 0.717) is 0 Å². The van der Waals surface area contributed by atoms with Gasteiger partial charge in [0.1, 0.15) is 11.2 Å². The molecule has 0 saturated heterocycles. The molecule has 0 N–H and O–H groups in total. The van der Waals surface area contributed by atoms with Crippen LogP contribution < -0.4 is 15.9 Å². The minimum absolute atomic E-state index is 0. The molecule has 3 heterocycles. The average Bonchev–Trinajstić information content (AvgIpc) is 3.15. The van der Waals surface area contributed by atoms with Gasteiger partial charge in [-0.15, -0.1) is 0 Å². The van der Waals surface area contributed by atoms with Crippen molar-refractivity contribution >= 4 is 97.3 Å². The zero-order chi connectivity index (χ0) is 57.3. The molecule has 9 aromatic carbocycles. The molecule has 3 aromatic heterocycles. The van der Waals surface area contributed by atoms with Crippen molar-refractivity contribution in [1.29, 1.82) is 0 Å². The van der Waals surface area contributed by atoms with Crippen molar-refractivity contribution in [3.05, 3.63) is 298 Å². The van der Waals surface area contributed by atoms with Gasteiger partial charge in [-0.25, -0.2) is 0 Å². The van der Waals surface area contributed by atoms with Crippen LogP contribution in [-0.4, -0.2) is 9.13 Å². The number of rotatable bonds is 12. The Bertz CT molecular complexity index is 4150. The number of hydrogen-bond donors (Lipinski definition) is 0. The summed E-state index contributed by atoms with van der Waals surface area (Å²) in [6.45, 7) is 28.1. The lowest BCUT2D eigenvalue weighted by Crippen LogP contribution is -2.25. The number of para-hydroxylation sites is 3. The third-order valence-corrected chi connectivity index (χ3v) is 17.2. The molecule has 6 heteroatoms. The summed E-state index contributed by atoms with van der Waals surface area (Å²) in [6.07, 6.45) is 14.5. The molecule has 0 aliphatic rings. The van der Waals surface area contributed by atoms with E-state index in [4.69, 9.17) is 4.42 Å². The Labute approximate surface area is 492 Å². The monoisotopic (exact) mass is 1110 g/mol. The van der Waals surface area contributed by atoms with Gasteiger partial charge in [0.25, 0.3) is 0 Å². The zero-order valence-corrected chi connectivity index (χ0v) is 50.1. The summed E-state index contributed by atoms with van der Waals surface area (Å²) < 4.78 is 26.1. The van der Waals surface area contributed by atoms with Crippen LogP contribution in [0.3, 0.4) is 0 Å². The maximum absolute atomic E-state index is 15.1. The fourth-order valence-corrected chi connectivity index (χ4v) is 12.9. The Morgan fingerprint density at radius 1 is 0.524 bits per heavy atom. The molecular formula is C76H75N2O2PS. The number of allylic oxidation sites excluding steroid dienone is 7. The van der Waals surface area contributed by atoms with Crippen molar-refractivity contribution in [2.24, 2.45) is 0 Å². The van der Waals surface area contributed by atoms with E-state index in [2.05, 4.69) is 201 Å². The first-order valence-electron chi connectivity index (χ1n) is 27.9. The Morgan fingerprint density at radius 3 is 1.54 bits per heavy atom. The standard InChI is InChI=1S/C48H32NO2P.C12H13N.C10H14.C4H8.C2H6.H2S/c50-52(38-16-3-1-4-17-38,39-18-5-2-6-19-39)40-20-12-15-35(30-40)33-13-11-14-34(29-33)36-25-27-47-43(31-36)44-32-37(26-28-48(44)51-47)49-45-23-9-7-21-41(45)42-22-8-10-24-46(42)49;1-3-10-9-13(4-2)12-8-6-5-7-11(10)12;1-5-7-10(4)8-9(3)6-2;1-3-4-2;1-2;/h1-32H;3,5-9H,1,4H2,2H3;5-7H,1-3,8H2,4H3;3-4H,1-2H3;1-2H3;1H2/b;;10-7+;4-3-;;. The normalized spacial score (nSPS) is 11.1. The lowest BCUT2D eigenvalue weighted by Gasteiger charge is -2.20. The minimum atomic E-state index is -3.10. The minimum Gasteiger partial charge on any atom is -0.456 e. The number of fused-ring (bicyclic) bond motifs is 7. The molecule has 12 aromatic rings. The third-order valence-electron chi connectivity index (χ3n) is 14.2. The number of aromatic nitrogens is 2. The lowest BCUT2D eigenvalue weighted by molar-refractivity contribution is 0.592.